The van der Waals surface area contributed by atoms with Gasteiger partial charge in [0.2, 0.25) is 0 Å². The Hall–Kier alpha value is -1.62. The Bertz CT molecular complexity index is 492. The number of morpholine rings is 1. The predicted octanol–water partition coefficient (Wildman–Crippen LogP) is 1.79. The summed E-state index contributed by atoms with van der Waals surface area (Å²) in [4.78, 5) is 21.0. The van der Waals surface area contributed by atoms with E-state index in [0.29, 0.717) is 5.56 Å². The van der Waals surface area contributed by atoms with Crippen LogP contribution in [-0.4, -0.2) is 55.2 Å². The van der Waals surface area contributed by atoms with Crippen LogP contribution >= 0.6 is 0 Å². The van der Waals surface area contributed by atoms with E-state index >= 15 is 0 Å². The van der Waals surface area contributed by atoms with Crippen molar-refractivity contribution in [1.29, 1.82) is 0 Å². The van der Waals surface area contributed by atoms with E-state index in [9.17, 15) is 4.79 Å². The molecule has 2 aliphatic heterocycles. The molecule has 1 aromatic rings. The minimum absolute atomic E-state index is 0.115. The van der Waals surface area contributed by atoms with Gasteiger partial charge in [0.05, 0.1) is 30.7 Å². The Kier molecular flexibility index (Phi) is 4.39. The first-order valence-electron chi connectivity index (χ1n) is 7.81. The summed E-state index contributed by atoms with van der Waals surface area (Å²) in [5, 5.41) is 0. The van der Waals surface area contributed by atoms with E-state index in [1.165, 1.54) is 0 Å². The van der Waals surface area contributed by atoms with Gasteiger partial charge in [0, 0.05) is 32.4 Å². The molecule has 2 saturated heterocycles. The molecule has 3 rings (SSSR count). The number of aromatic nitrogens is 1. The van der Waals surface area contributed by atoms with Crippen LogP contribution in [0.2, 0.25) is 0 Å². The van der Waals surface area contributed by atoms with E-state index < -0.39 is 0 Å². The van der Waals surface area contributed by atoms with Crippen molar-refractivity contribution < 1.29 is 9.53 Å². The second-order valence-corrected chi connectivity index (χ2v) is 6.01. The third kappa shape index (κ3) is 3.35. The van der Waals surface area contributed by atoms with Crippen LogP contribution < -0.4 is 4.90 Å². The van der Waals surface area contributed by atoms with E-state index in [2.05, 4.69) is 16.8 Å². The molecular weight excluding hydrogens is 266 g/mol. The summed E-state index contributed by atoms with van der Waals surface area (Å²) in [6.45, 7) is 7.18. The number of rotatable bonds is 2. The maximum atomic E-state index is 12.6. The van der Waals surface area contributed by atoms with Crippen LogP contribution in [0.3, 0.4) is 0 Å². The number of ether oxygens (including phenoxy) is 1. The molecule has 21 heavy (non-hydrogen) atoms. The van der Waals surface area contributed by atoms with Crippen molar-refractivity contribution in [2.24, 2.45) is 5.92 Å². The fraction of sp³-hybridized carbons (Fsp3) is 0.625. The SMILES string of the molecule is CC1CCN(C(=O)c2cncc(N3CCOCC3)c2)CC1. The zero-order valence-corrected chi connectivity index (χ0v) is 12.6. The standard InChI is InChI=1S/C16H23N3O2/c1-13-2-4-19(5-3-13)16(20)14-10-15(12-17-11-14)18-6-8-21-9-7-18/h10-13H,2-9H2,1H3. The fourth-order valence-electron chi connectivity index (χ4n) is 2.93. The zero-order valence-electron chi connectivity index (χ0n) is 12.6. The van der Waals surface area contributed by atoms with Gasteiger partial charge in [0.1, 0.15) is 0 Å². The van der Waals surface area contributed by atoms with Crippen molar-refractivity contribution in [3.8, 4) is 0 Å². The summed E-state index contributed by atoms with van der Waals surface area (Å²) in [7, 11) is 0. The van der Waals surface area contributed by atoms with E-state index in [0.717, 1.165) is 63.8 Å². The van der Waals surface area contributed by atoms with Crippen molar-refractivity contribution in [3.05, 3.63) is 24.0 Å². The number of pyridine rings is 1. The number of nitrogens with zero attached hydrogens (tertiary/aromatic N) is 3. The Labute approximate surface area is 125 Å². The number of amides is 1. The lowest BCUT2D eigenvalue weighted by Gasteiger charge is -2.31. The lowest BCUT2D eigenvalue weighted by atomic mass is 9.99. The number of hydrogen-bond donors (Lipinski definition) is 0. The topological polar surface area (TPSA) is 45.7 Å². The molecule has 0 aliphatic carbocycles. The molecule has 0 bridgehead atoms. The first-order valence-corrected chi connectivity index (χ1v) is 7.81. The molecule has 3 heterocycles. The van der Waals surface area contributed by atoms with E-state index in [1.54, 1.807) is 6.20 Å². The molecular formula is C16H23N3O2. The third-order valence-corrected chi connectivity index (χ3v) is 4.42. The first kappa shape index (κ1) is 14.3. The number of piperidine rings is 1. The highest BCUT2D eigenvalue weighted by atomic mass is 16.5. The van der Waals surface area contributed by atoms with Crippen molar-refractivity contribution in [2.75, 3.05) is 44.3 Å². The summed E-state index contributed by atoms with van der Waals surface area (Å²) < 4.78 is 5.37. The van der Waals surface area contributed by atoms with E-state index in [1.807, 2.05) is 17.2 Å². The maximum Gasteiger partial charge on any atom is 0.255 e. The van der Waals surface area contributed by atoms with Crippen LogP contribution in [0.4, 0.5) is 5.69 Å². The lowest BCUT2D eigenvalue weighted by molar-refractivity contribution is 0.0697. The second-order valence-electron chi connectivity index (χ2n) is 6.01. The molecule has 0 atom stereocenters. The highest BCUT2D eigenvalue weighted by molar-refractivity contribution is 5.94. The number of carbonyl (C=O) groups excluding carboxylic acids is 1. The number of likely N-dealkylation sites (tertiary alicyclic amines) is 1. The largest absolute Gasteiger partial charge is 0.378 e. The Morgan fingerprint density at radius 3 is 2.62 bits per heavy atom. The minimum Gasteiger partial charge on any atom is -0.378 e. The van der Waals surface area contributed by atoms with Crippen LogP contribution in [0, 0.1) is 5.92 Å². The minimum atomic E-state index is 0.115. The van der Waals surface area contributed by atoms with Gasteiger partial charge in [-0.05, 0) is 24.8 Å². The summed E-state index contributed by atoms with van der Waals surface area (Å²) >= 11 is 0. The van der Waals surface area contributed by atoms with Gasteiger partial charge in [-0.25, -0.2) is 0 Å². The van der Waals surface area contributed by atoms with Crippen molar-refractivity contribution in [3.63, 3.8) is 0 Å². The molecule has 0 aromatic carbocycles. The quantitative estimate of drug-likeness (QED) is 0.833. The molecule has 0 spiro atoms. The fourth-order valence-corrected chi connectivity index (χ4v) is 2.93. The molecule has 1 aromatic heterocycles. The van der Waals surface area contributed by atoms with Crippen LogP contribution in [0.5, 0.6) is 0 Å². The summed E-state index contributed by atoms with van der Waals surface area (Å²) in [5.41, 5.74) is 1.73. The van der Waals surface area contributed by atoms with Gasteiger partial charge in [-0.3, -0.25) is 9.78 Å². The lowest BCUT2D eigenvalue weighted by Crippen LogP contribution is -2.38. The smallest absolute Gasteiger partial charge is 0.255 e. The van der Waals surface area contributed by atoms with Crippen molar-refractivity contribution in [2.45, 2.75) is 19.8 Å². The van der Waals surface area contributed by atoms with Crippen molar-refractivity contribution in [1.82, 2.24) is 9.88 Å². The third-order valence-electron chi connectivity index (χ3n) is 4.42. The Morgan fingerprint density at radius 2 is 1.90 bits per heavy atom. The van der Waals surface area contributed by atoms with Crippen LogP contribution in [-0.2, 0) is 4.74 Å². The maximum absolute atomic E-state index is 12.6. The Morgan fingerprint density at radius 1 is 1.19 bits per heavy atom. The molecule has 0 radical (unpaired) electrons. The number of hydrogen-bond acceptors (Lipinski definition) is 4. The molecule has 114 valence electrons. The average molecular weight is 289 g/mol. The van der Waals surface area contributed by atoms with E-state index in [-0.39, 0.29) is 5.91 Å². The molecule has 0 unspecified atom stereocenters. The molecule has 0 N–H and O–H groups in total. The molecule has 2 fully saturated rings. The van der Waals surface area contributed by atoms with Gasteiger partial charge in [0.25, 0.3) is 5.91 Å². The number of anilines is 1. The monoisotopic (exact) mass is 289 g/mol. The van der Waals surface area contributed by atoms with Gasteiger partial charge < -0.3 is 14.5 Å². The molecule has 2 aliphatic rings. The summed E-state index contributed by atoms with van der Waals surface area (Å²) in [5.74, 6) is 0.844. The highest BCUT2D eigenvalue weighted by Crippen LogP contribution is 2.20. The average Bonchev–Trinajstić information content (AvgIpc) is 2.56. The summed E-state index contributed by atoms with van der Waals surface area (Å²) in [6, 6.07) is 1.97. The van der Waals surface area contributed by atoms with Gasteiger partial charge in [-0.2, -0.15) is 0 Å². The molecule has 5 nitrogen and oxygen atoms in total. The Balaban J connectivity index is 1.71. The normalized spacial score (nSPS) is 20.6. The zero-order chi connectivity index (χ0) is 14.7. The first-order chi connectivity index (χ1) is 10.2. The van der Waals surface area contributed by atoms with Gasteiger partial charge in [0.15, 0.2) is 0 Å². The molecule has 0 saturated carbocycles. The van der Waals surface area contributed by atoms with Crippen LogP contribution in [0.1, 0.15) is 30.1 Å². The van der Waals surface area contributed by atoms with Crippen molar-refractivity contribution >= 4 is 11.6 Å². The van der Waals surface area contributed by atoms with E-state index in [4.69, 9.17) is 4.74 Å². The molecule has 5 heteroatoms. The van der Waals surface area contributed by atoms with Crippen LogP contribution in [0.15, 0.2) is 18.5 Å². The second kappa shape index (κ2) is 6.43. The predicted molar refractivity (Wildman–Crippen MR) is 81.6 cm³/mol. The molecule has 1 amide bonds. The van der Waals surface area contributed by atoms with Crippen LogP contribution in [0.25, 0.3) is 0 Å². The van der Waals surface area contributed by atoms with Gasteiger partial charge in [-0.1, -0.05) is 6.92 Å². The van der Waals surface area contributed by atoms with Gasteiger partial charge in [-0.15, -0.1) is 0 Å². The van der Waals surface area contributed by atoms with Gasteiger partial charge >= 0.3 is 0 Å². The summed E-state index contributed by atoms with van der Waals surface area (Å²) in [6.07, 6.45) is 5.72. The highest BCUT2D eigenvalue weighted by Gasteiger charge is 2.22. The number of carbonyl (C=O) groups is 1.